The molecule has 0 radical (unpaired) electrons. The molecule has 2 fully saturated rings. The molecule has 1 aliphatic carbocycles. The van der Waals surface area contributed by atoms with Crippen molar-refractivity contribution in [2.75, 3.05) is 18.1 Å². The van der Waals surface area contributed by atoms with Gasteiger partial charge in [-0.25, -0.2) is 4.90 Å². The molecule has 3 aliphatic rings. The van der Waals surface area contributed by atoms with Crippen LogP contribution in [0, 0.1) is 27.9 Å². The largest absolute Gasteiger partial charge is 0.507 e. The van der Waals surface area contributed by atoms with E-state index in [0.717, 1.165) is 57.1 Å². The first kappa shape index (κ1) is 41.1. The number of phenolic OH excluding ortho intramolecular Hbond substituents is 1. The summed E-state index contributed by atoms with van der Waals surface area (Å²) < 4.78 is 14.2. The molecule has 0 bridgehead atoms. The van der Waals surface area contributed by atoms with Crippen LogP contribution in [0.4, 0.5) is 11.4 Å². The maximum atomic E-state index is 14.5. The first-order valence-electron chi connectivity index (χ1n) is 21.0. The molecular formula is C50H52N2O7Si. The van der Waals surface area contributed by atoms with Crippen molar-refractivity contribution >= 4 is 58.7 Å². The lowest BCUT2D eigenvalue weighted by molar-refractivity contribution is -0.384. The molecule has 1 N–H and O–H groups in total. The van der Waals surface area contributed by atoms with E-state index in [0.29, 0.717) is 19.4 Å². The highest BCUT2D eigenvalue weighted by Gasteiger charge is 2.58. The van der Waals surface area contributed by atoms with E-state index < -0.39 is 25.1 Å². The summed E-state index contributed by atoms with van der Waals surface area (Å²) in [6, 6.07) is 38.3. The van der Waals surface area contributed by atoms with Crippen molar-refractivity contribution in [3.05, 3.63) is 154 Å². The Balaban J connectivity index is 1.18. The number of aromatic hydroxyl groups is 1. The molecule has 8 rings (SSSR count). The van der Waals surface area contributed by atoms with Crippen LogP contribution < -0.4 is 15.3 Å². The van der Waals surface area contributed by atoms with Crippen LogP contribution in [0.15, 0.2) is 138 Å². The quantitative estimate of drug-likeness (QED) is 0.0413. The number of nitro groups is 1. The van der Waals surface area contributed by atoms with E-state index in [9.17, 15) is 24.8 Å². The number of ether oxygens (including phenoxy) is 1. The van der Waals surface area contributed by atoms with Crippen molar-refractivity contribution in [3.8, 4) is 5.75 Å². The number of anilines is 1. The predicted molar refractivity (Wildman–Crippen MR) is 239 cm³/mol. The molecule has 2 aliphatic heterocycles. The number of phenols is 1. The molecule has 5 aromatic rings. The number of carbonyl (C=O) groups is 2. The summed E-state index contributed by atoms with van der Waals surface area (Å²) in [5.74, 6) is -2.07. The summed E-state index contributed by atoms with van der Waals surface area (Å²) in [7, 11) is -2.99. The van der Waals surface area contributed by atoms with E-state index in [-0.39, 0.29) is 52.6 Å². The maximum absolute atomic E-state index is 14.5. The molecule has 308 valence electrons. The van der Waals surface area contributed by atoms with Crippen molar-refractivity contribution in [2.45, 2.75) is 70.9 Å². The Labute approximate surface area is 352 Å². The lowest BCUT2D eigenvalue weighted by Crippen LogP contribution is -2.66. The van der Waals surface area contributed by atoms with Crippen molar-refractivity contribution in [1.29, 1.82) is 0 Å². The number of allylic oxidation sites excluding steroid dienone is 1. The number of benzene rings is 5. The monoisotopic (exact) mass is 820 g/mol. The zero-order valence-corrected chi connectivity index (χ0v) is 35.7. The van der Waals surface area contributed by atoms with Crippen LogP contribution in [0.25, 0.3) is 16.8 Å². The minimum Gasteiger partial charge on any atom is -0.507 e. The van der Waals surface area contributed by atoms with E-state index in [2.05, 4.69) is 82.3 Å². The highest BCUT2D eigenvalue weighted by molar-refractivity contribution is 6.99. The minimum atomic E-state index is -2.99. The van der Waals surface area contributed by atoms with Crippen LogP contribution in [-0.2, 0) is 18.8 Å². The third-order valence-electron chi connectivity index (χ3n) is 12.8. The van der Waals surface area contributed by atoms with Crippen LogP contribution in [-0.4, -0.2) is 49.5 Å². The molecule has 2 saturated heterocycles. The number of non-ortho nitro benzene ring substituents is 1. The van der Waals surface area contributed by atoms with Gasteiger partial charge >= 0.3 is 0 Å². The van der Waals surface area contributed by atoms with Gasteiger partial charge < -0.3 is 14.3 Å². The fourth-order valence-electron chi connectivity index (χ4n) is 10.1. The predicted octanol–water partition coefficient (Wildman–Crippen LogP) is 9.52. The van der Waals surface area contributed by atoms with Crippen molar-refractivity contribution in [1.82, 2.24) is 0 Å². The Kier molecular flexibility index (Phi) is 11.5. The molecule has 4 atom stereocenters. The Bertz CT molecular complexity index is 2450. The fourth-order valence-corrected chi connectivity index (χ4v) is 14.7. The average Bonchev–Trinajstić information content (AvgIpc) is 3.78. The van der Waals surface area contributed by atoms with Crippen molar-refractivity contribution in [2.24, 2.45) is 17.8 Å². The molecule has 0 aromatic heterocycles. The number of nitro benzene ring substituents is 1. The Morgan fingerprint density at radius 1 is 0.867 bits per heavy atom. The summed E-state index contributed by atoms with van der Waals surface area (Å²) in [5.41, 5.74) is 4.41. The topological polar surface area (TPSA) is 119 Å². The summed E-state index contributed by atoms with van der Waals surface area (Å²) in [6.07, 6.45) is 5.58. The molecule has 5 aromatic carbocycles. The molecule has 0 unspecified atom stereocenters. The molecule has 9 nitrogen and oxygen atoms in total. The van der Waals surface area contributed by atoms with Gasteiger partial charge in [-0.2, -0.15) is 0 Å². The van der Waals surface area contributed by atoms with Crippen LogP contribution >= 0.6 is 0 Å². The Morgan fingerprint density at radius 2 is 1.53 bits per heavy atom. The standard InChI is InChI=1S/C50H52N2O7Si/c1-5-15-33(28-34-25-26-44(53)41-23-13-12-22-40(34)41)24-27-45-46-35(31-59-60(50(2,3)4,38-18-8-6-9-19-38)39-20-10-7-11-21-39)29-42-47(43(46)32-58-45)49(55)51(48(42)54)36-16-14-17-37(30-36)52(56)57/h6-14,16-23,25-26,28,30,42-43,45,47,53H,5,15,24,27,29,31-32H2,1-4H3/b33-28+/t42-,43+,45-,47-/m1/s1. The molecule has 2 heterocycles. The summed E-state index contributed by atoms with van der Waals surface area (Å²) in [4.78, 5) is 41.3. The first-order valence-corrected chi connectivity index (χ1v) is 22.9. The summed E-state index contributed by atoms with van der Waals surface area (Å²) in [5, 5.41) is 26.1. The summed E-state index contributed by atoms with van der Waals surface area (Å²) in [6.45, 7) is 9.47. The SMILES string of the molecule is CCC/C(=C\c1ccc(O)c2ccccc12)CC[C@H]1OC[C@H]2C1=C(CO[Si](c1ccccc1)(c1ccccc1)C(C)(C)C)C[C@H]1C(=O)N(c3cccc([N+](=O)[O-])c3)C(=O)[C@H]12. The first-order chi connectivity index (χ1) is 28.9. The third kappa shape index (κ3) is 7.41. The lowest BCUT2D eigenvalue weighted by Gasteiger charge is -2.44. The van der Waals surface area contributed by atoms with Gasteiger partial charge in [-0.15, -0.1) is 0 Å². The molecule has 60 heavy (non-hydrogen) atoms. The van der Waals surface area contributed by atoms with E-state index in [1.807, 2.05) is 42.5 Å². The van der Waals surface area contributed by atoms with E-state index in [1.54, 1.807) is 12.1 Å². The van der Waals surface area contributed by atoms with Gasteiger partial charge in [-0.05, 0) is 75.3 Å². The third-order valence-corrected chi connectivity index (χ3v) is 17.8. The smallest absolute Gasteiger partial charge is 0.271 e. The van der Waals surface area contributed by atoms with Gasteiger partial charge in [0.05, 0.1) is 41.8 Å². The second-order valence-electron chi connectivity index (χ2n) is 17.4. The van der Waals surface area contributed by atoms with Crippen molar-refractivity contribution in [3.63, 3.8) is 0 Å². The van der Waals surface area contributed by atoms with Gasteiger partial charge in [0.25, 0.3) is 14.0 Å². The summed E-state index contributed by atoms with van der Waals surface area (Å²) >= 11 is 0. The van der Waals surface area contributed by atoms with Gasteiger partial charge in [0, 0.05) is 23.4 Å². The normalized spacial score (nSPS) is 20.8. The Morgan fingerprint density at radius 3 is 2.18 bits per heavy atom. The second-order valence-corrected chi connectivity index (χ2v) is 21.7. The van der Waals surface area contributed by atoms with Crippen LogP contribution in [0.2, 0.25) is 5.04 Å². The zero-order chi connectivity index (χ0) is 42.2. The van der Waals surface area contributed by atoms with Gasteiger partial charge in [-0.3, -0.25) is 19.7 Å². The molecule has 2 amide bonds. The highest BCUT2D eigenvalue weighted by Crippen LogP contribution is 2.51. The number of carbonyl (C=O) groups excluding carboxylic acids is 2. The Hall–Kier alpha value is -5.68. The number of nitrogens with zero attached hydrogens (tertiary/aromatic N) is 2. The average molecular weight is 821 g/mol. The van der Waals surface area contributed by atoms with Crippen LogP contribution in [0.5, 0.6) is 5.75 Å². The molecule has 10 heteroatoms. The molecule has 0 saturated carbocycles. The maximum Gasteiger partial charge on any atom is 0.271 e. The second kappa shape index (κ2) is 16.8. The molecule has 0 spiro atoms. The van der Waals surface area contributed by atoms with Gasteiger partial charge in [0.1, 0.15) is 5.75 Å². The van der Waals surface area contributed by atoms with Crippen LogP contribution in [0.1, 0.15) is 65.4 Å². The fraction of sp³-hybridized carbons (Fsp3) is 0.320. The number of hydrogen-bond donors (Lipinski definition) is 1. The van der Waals surface area contributed by atoms with Crippen molar-refractivity contribution < 1.29 is 28.8 Å². The van der Waals surface area contributed by atoms with Gasteiger partial charge in [-0.1, -0.05) is 143 Å². The minimum absolute atomic E-state index is 0.179. The number of amides is 2. The lowest BCUT2D eigenvalue weighted by atomic mass is 9.69. The number of hydrogen-bond acceptors (Lipinski definition) is 7. The number of fused-ring (bicyclic) bond motifs is 4. The van der Waals surface area contributed by atoms with Gasteiger partial charge in [0.15, 0.2) is 0 Å². The van der Waals surface area contributed by atoms with Crippen LogP contribution in [0.3, 0.4) is 0 Å². The highest BCUT2D eigenvalue weighted by atomic mass is 28.4. The van der Waals surface area contributed by atoms with E-state index >= 15 is 0 Å². The van der Waals surface area contributed by atoms with E-state index in [1.165, 1.54) is 28.7 Å². The van der Waals surface area contributed by atoms with Gasteiger partial charge in [0.2, 0.25) is 11.8 Å². The number of rotatable bonds is 13. The zero-order valence-electron chi connectivity index (χ0n) is 34.7. The molecular weight excluding hydrogens is 769 g/mol. The number of imide groups is 1. The van der Waals surface area contributed by atoms with E-state index in [4.69, 9.17) is 9.16 Å².